The SMILES string of the molecule is CN(c1ncccn1)C1CCC(C#CCOS(C)(=O)=O)CC1. The Balaban J connectivity index is 1.80. The molecule has 0 saturated heterocycles. The predicted molar refractivity (Wildman–Crippen MR) is 84.8 cm³/mol. The van der Waals surface area contributed by atoms with E-state index in [-0.39, 0.29) is 6.61 Å². The Bertz CT molecular complexity index is 629. The maximum Gasteiger partial charge on any atom is 0.265 e. The van der Waals surface area contributed by atoms with E-state index < -0.39 is 10.1 Å². The van der Waals surface area contributed by atoms with Gasteiger partial charge in [-0.1, -0.05) is 11.8 Å². The first-order valence-electron chi connectivity index (χ1n) is 7.28. The van der Waals surface area contributed by atoms with Crippen molar-refractivity contribution < 1.29 is 12.6 Å². The van der Waals surface area contributed by atoms with Gasteiger partial charge in [0.1, 0.15) is 6.61 Å². The molecule has 0 spiro atoms. The second-order valence-electron chi connectivity index (χ2n) is 5.45. The summed E-state index contributed by atoms with van der Waals surface area (Å²) < 4.78 is 26.3. The lowest BCUT2D eigenvalue weighted by molar-refractivity contribution is 0.362. The molecule has 0 N–H and O–H groups in total. The molecule has 120 valence electrons. The molecular formula is C15H21N3O3S. The molecule has 1 aliphatic carbocycles. The molecule has 22 heavy (non-hydrogen) atoms. The Morgan fingerprint density at radius 2 is 1.91 bits per heavy atom. The topological polar surface area (TPSA) is 72.4 Å². The smallest absolute Gasteiger partial charge is 0.265 e. The van der Waals surface area contributed by atoms with E-state index in [0.29, 0.717) is 12.0 Å². The first-order valence-corrected chi connectivity index (χ1v) is 9.10. The summed E-state index contributed by atoms with van der Waals surface area (Å²) in [6.45, 7) is -0.0590. The Kier molecular flexibility index (Phi) is 5.75. The summed E-state index contributed by atoms with van der Waals surface area (Å²) in [6.07, 6.45) is 8.57. The van der Waals surface area contributed by atoms with Gasteiger partial charge >= 0.3 is 0 Å². The first-order chi connectivity index (χ1) is 10.5. The fraction of sp³-hybridized carbons (Fsp3) is 0.600. The number of hydrogen-bond acceptors (Lipinski definition) is 6. The third kappa shape index (κ3) is 5.28. The summed E-state index contributed by atoms with van der Waals surface area (Å²) in [4.78, 5) is 10.7. The van der Waals surface area contributed by atoms with Gasteiger partial charge in [0.15, 0.2) is 0 Å². The molecule has 1 fully saturated rings. The highest BCUT2D eigenvalue weighted by Crippen LogP contribution is 2.27. The summed E-state index contributed by atoms with van der Waals surface area (Å²) in [6, 6.07) is 2.23. The minimum atomic E-state index is -3.40. The fourth-order valence-electron chi connectivity index (χ4n) is 2.57. The van der Waals surface area contributed by atoms with Crippen LogP contribution in [0.1, 0.15) is 25.7 Å². The van der Waals surface area contributed by atoms with Gasteiger partial charge in [-0.15, -0.1) is 0 Å². The Labute approximate surface area is 132 Å². The van der Waals surface area contributed by atoms with Crippen molar-refractivity contribution in [2.24, 2.45) is 5.92 Å². The number of rotatable bonds is 4. The molecule has 6 nitrogen and oxygen atoms in total. The van der Waals surface area contributed by atoms with Gasteiger partial charge < -0.3 is 4.90 Å². The molecule has 0 bridgehead atoms. The standard InChI is InChI=1S/C15H21N3O3S/c1-18(15-16-10-4-11-17-15)14-8-6-13(7-9-14)5-3-12-21-22(2,19)20/h4,10-11,13-14H,6-9,12H2,1-2H3. The number of nitrogens with zero attached hydrogens (tertiary/aromatic N) is 3. The number of hydrogen-bond donors (Lipinski definition) is 0. The molecule has 0 atom stereocenters. The fourth-order valence-corrected chi connectivity index (χ4v) is 2.84. The zero-order valence-corrected chi connectivity index (χ0v) is 13.7. The van der Waals surface area contributed by atoms with Crippen molar-refractivity contribution in [1.82, 2.24) is 9.97 Å². The first kappa shape index (κ1) is 16.7. The van der Waals surface area contributed by atoms with Crippen molar-refractivity contribution in [2.45, 2.75) is 31.7 Å². The van der Waals surface area contributed by atoms with E-state index in [1.54, 1.807) is 12.4 Å². The van der Waals surface area contributed by atoms with Gasteiger partial charge in [0.05, 0.1) is 6.26 Å². The van der Waals surface area contributed by atoms with E-state index in [4.69, 9.17) is 0 Å². The molecule has 1 heterocycles. The average molecular weight is 323 g/mol. The quantitative estimate of drug-likeness (QED) is 0.617. The molecule has 1 aromatic rings. The largest absolute Gasteiger partial charge is 0.341 e. The van der Waals surface area contributed by atoms with Gasteiger partial charge in [0, 0.05) is 31.4 Å². The van der Waals surface area contributed by atoms with Crippen LogP contribution < -0.4 is 4.90 Å². The van der Waals surface area contributed by atoms with Crippen LogP contribution in [-0.2, 0) is 14.3 Å². The van der Waals surface area contributed by atoms with Crippen molar-refractivity contribution in [2.75, 3.05) is 24.8 Å². The van der Waals surface area contributed by atoms with Crippen LogP contribution in [0, 0.1) is 17.8 Å². The van der Waals surface area contributed by atoms with E-state index in [0.717, 1.165) is 37.9 Å². The normalized spacial score (nSPS) is 21.7. The second kappa shape index (κ2) is 7.56. The molecule has 0 unspecified atom stereocenters. The van der Waals surface area contributed by atoms with Crippen LogP contribution in [0.3, 0.4) is 0 Å². The van der Waals surface area contributed by atoms with Gasteiger partial charge in [-0.2, -0.15) is 8.42 Å². The highest BCUT2D eigenvalue weighted by atomic mass is 32.2. The van der Waals surface area contributed by atoms with E-state index in [9.17, 15) is 8.42 Å². The minimum absolute atomic E-state index is 0.0590. The van der Waals surface area contributed by atoms with E-state index in [1.165, 1.54) is 0 Å². The van der Waals surface area contributed by atoms with Crippen LogP contribution in [0.15, 0.2) is 18.5 Å². The highest BCUT2D eigenvalue weighted by molar-refractivity contribution is 7.86. The van der Waals surface area contributed by atoms with Crippen LogP contribution in [0.2, 0.25) is 0 Å². The molecule has 0 amide bonds. The molecule has 0 aliphatic heterocycles. The summed E-state index contributed by atoms with van der Waals surface area (Å²) in [5.74, 6) is 6.96. The molecule has 1 aliphatic rings. The lowest BCUT2D eigenvalue weighted by Gasteiger charge is -2.33. The maximum absolute atomic E-state index is 10.8. The van der Waals surface area contributed by atoms with Gasteiger partial charge in [-0.05, 0) is 31.7 Å². The highest BCUT2D eigenvalue weighted by Gasteiger charge is 2.24. The van der Waals surface area contributed by atoms with E-state index in [1.807, 2.05) is 13.1 Å². The lowest BCUT2D eigenvalue weighted by Crippen LogP contribution is -2.36. The van der Waals surface area contributed by atoms with Crippen molar-refractivity contribution >= 4 is 16.1 Å². The van der Waals surface area contributed by atoms with Crippen molar-refractivity contribution in [3.63, 3.8) is 0 Å². The number of aromatic nitrogens is 2. The lowest BCUT2D eigenvalue weighted by atomic mass is 9.86. The van der Waals surface area contributed by atoms with E-state index >= 15 is 0 Å². The summed E-state index contributed by atoms with van der Waals surface area (Å²) >= 11 is 0. The van der Waals surface area contributed by atoms with Gasteiger partial charge in [-0.3, -0.25) is 4.18 Å². The molecule has 2 rings (SSSR count). The van der Waals surface area contributed by atoms with Gasteiger partial charge in [-0.25, -0.2) is 9.97 Å². The van der Waals surface area contributed by atoms with Crippen LogP contribution in [-0.4, -0.2) is 44.3 Å². The van der Waals surface area contributed by atoms with Crippen LogP contribution in [0.5, 0.6) is 0 Å². The Morgan fingerprint density at radius 1 is 1.27 bits per heavy atom. The molecule has 0 radical (unpaired) electrons. The Hall–Kier alpha value is -1.65. The molecule has 7 heteroatoms. The van der Waals surface area contributed by atoms with Gasteiger partial charge in [0.25, 0.3) is 10.1 Å². The second-order valence-corrected chi connectivity index (χ2v) is 7.10. The zero-order chi connectivity index (χ0) is 16.0. The molecule has 1 saturated carbocycles. The maximum atomic E-state index is 10.8. The van der Waals surface area contributed by atoms with Crippen molar-refractivity contribution in [3.05, 3.63) is 18.5 Å². The molecule has 1 aromatic heterocycles. The van der Waals surface area contributed by atoms with Crippen LogP contribution in [0.4, 0.5) is 5.95 Å². The zero-order valence-electron chi connectivity index (χ0n) is 12.9. The molecule has 0 aromatic carbocycles. The van der Waals surface area contributed by atoms with Crippen LogP contribution >= 0.6 is 0 Å². The van der Waals surface area contributed by atoms with E-state index in [2.05, 4.69) is 30.9 Å². The summed E-state index contributed by atoms with van der Waals surface area (Å²) in [7, 11) is -1.38. The Morgan fingerprint density at radius 3 is 2.50 bits per heavy atom. The predicted octanol–water partition coefficient (Wildman–Crippen LogP) is 1.45. The van der Waals surface area contributed by atoms with Crippen molar-refractivity contribution in [1.29, 1.82) is 0 Å². The third-order valence-corrected chi connectivity index (χ3v) is 4.31. The summed E-state index contributed by atoms with van der Waals surface area (Å²) in [5, 5.41) is 0. The third-order valence-electron chi connectivity index (χ3n) is 3.76. The van der Waals surface area contributed by atoms with Gasteiger partial charge in [0.2, 0.25) is 5.95 Å². The van der Waals surface area contributed by atoms with Crippen molar-refractivity contribution in [3.8, 4) is 11.8 Å². The average Bonchev–Trinajstić information content (AvgIpc) is 2.51. The summed E-state index contributed by atoms with van der Waals surface area (Å²) in [5.41, 5.74) is 0. The monoisotopic (exact) mass is 323 g/mol. The minimum Gasteiger partial charge on any atom is -0.341 e. The van der Waals surface area contributed by atoms with Crippen LogP contribution in [0.25, 0.3) is 0 Å². The molecular weight excluding hydrogens is 302 g/mol. The number of anilines is 1.